The van der Waals surface area contributed by atoms with E-state index in [9.17, 15) is 0 Å². The van der Waals surface area contributed by atoms with Crippen LogP contribution in [-0.2, 0) is 4.74 Å². The second-order valence-electron chi connectivity index (χ2n) is 8.75. The molecule has 6 heterocycles. The molecular formula is C32H26N2O3. The first-order chi connectivity index (χ1) is 18.3. The molecule has 0 amide bonds. The molecule has 0 radical (unpaired) electrons. The van der Waals surface area contributed by atoms with E-state index < -0.39 is 0 Å². The van der Waals surface area contributed by atoms with Crippen LogP contribution in [0.25, 0.3) is 45.0 Å². The molecule has 5 heteroatoms. The Hall–Kier alpha value is -4.48. The Kier molecular flexibility index (Phi) is 6.60. The van der Waals surface area contributed by atoms with Gasteiger partial charge in [0.25, 0.3) is 0 Å². The van der Waals surface area contributed by atoms with E-state index >= 15 is 0 Å². The van der Waals surface area contributed by atoms with Crippen LogP contribution in [0.2, 0.25) is 0 Å². The lowest BCUT2D eigenvalue weighted by atomic mass is 10.0. The van der Waals surface area contributed by atoms with Gasteiger partial charge < -0.3 is 14.2 Å². The number of benzene rings is 3. The normalized spacial score (nSPS) is 13.3. The molecule has 4 aliphatic rings. The molecule has 0 saturated carbocycles. The third-order valence-electron chi connectivity index (χ3n) is 6.25. The lowest BCUT2D eigenvalue weighted by Crippen LogP contribution is -2.12. The van der Waals surface area contributed by atoms with Gasteiger partial charge in [0.05, 0.1) is 36.0 Å². The first-order valence-electron chi connectivity index (χ1n) is 12.4. The molecular weight excluding hydrogens is 460 g/mol. The molecule has 0 aliphatic carbocycles. The SMILES string of the molecule is c1cc2cc(c1)-c1cccc(n1)-c1ccc(cc1)OCCOCCOc1ccc(cc1)-c1cccc-2n1. The van der Waals surface area contributed by atoms with Crippen molar-refractivity contribution in [3.05, 3.63) is 109 Å². The molecule has 9 rings (SSSR count). The molecule has 2 aromatic heterocycles. The third-order valence-corrected chi connectivity index (χ3v) is 6.25. The molecule has 5 nitrogen and oxygen atoms in total. The highest BCUT2D eigenvalue weighted by Crippen LogP contribution is 2.29. The number of hydrogen-bond acceptors (Lipinski definition) is 5. The topological polar surface area (TPSA) is 53.5 Å². The number of nitrogens with zero attached hydrogens (tertiary/aromatic N) is 2. The Bertz CT molecular complexity index is 1390. The van der Waals surface area contributed by atoms with Crippen LogP contribution in [-0.4, -0.2) is 36.4 Å². The maximum Gasteiger partial charge on any atom is 0.119 e. The van der Waals surface area contributed by atoms with Crippen LogP contribution < -0.4 is 9.47 Å². The van der Waals surface area contributed by atoms with Gasteiger partial charge in [-0.05, 0) is 78.9 Å². The number of ether oxygens (including phenoxy) is 3. The fraction of sp³-hybridized carbons (Fsp3) is 0.125. The predicted octanol–water partition coefficient (Wildman–Crippen LogP) is 6.93. The molecule has 0 unspecified atom stereocenters. The van der Waals surface area contributed by atoms with E-state index in [1.54, 1.807) is 0 Å². The van der Waals surface area contributed by atoms with Gasteiger partial charge in [-0.25, -0.2) is 9.97 Å². The molecule has 10 bridgehead atoms. The summed E-state index contributed by atoms with van der Waals surface area (Å²) >= 11 is 0. The van der Waals surface area contributed by atoms with Gasteiger partial charge in [0, 0.05) is 22.3 Å². The highest BCUT2D eigenvalue weighted by atomic mass is 16.5. The summed E-state index contributed by atoms with van der Waals surface area (Å²) in [5, 5.41) is 0. The first kappa shape index (κ1) is 23.0. The van der Waals surface area contributed by atoms with Gasteiger partial charge in [-0.1, -0.05) is 30.3 Å². The summed E-state index contributed by atoms with van der Waals surface area (Å²) in [6.07, 6.45) is 0. The molecule has 37 heavy (non-hydrogen) atoms. The van der Waals surface area contributed by atoms with E-state index in [1.807, 2.05) is 84.9 Å². The van der Waals surface area contributed by atoms with Crippen molar-refractivity contribution in [3.8, 4) is 56.5 Å². The minimum atomic E-state index is 0.476. The summed E-state index contributed by atoms with van der Waals surface area (Å²) in [5.41, 5.74) is 7.81. The van der Waals surface area contributed by atoms with Crippen molar-refractivity contribution < 1.29 is 14.2 Å². The largest absolute Gasteiger partial charge is 0.491 e. The van der Waals surface area contributed by atoms with Gasteiger partial charge >= 0.3 is 0 Å². The summed E-state index contributed by atoms with van der Waals surface area (Å²) in [6, 6.07) is 36.6. The lowest BCUT2D eigenvalue weighted by Gasteiger charge is -2.11. The van der Waals surface area contributed by atoms with E-state index in [1.165, 1.54) is 0 Å². The van der Waals surface area contributed by atoms with Crippen LogP contribution in [0.4, 0.5) is 0 Å². The first-order valence-corrected chi connectivity index (χ1v) is 12.4. The minimum Gasteiger partial charge on any atom is -0.491 e. The quantitative estimate of drug-likeness (QED) is 0.237. The summed E-state index contributed by atoms with van der Waals surface area (Å²) in [4.78, 5) is 9.90. The lowest BCUT2D eigenvalue weighted by molar-refractivity contribution is 0.0764. The molecule has 0 spiro atoms. The van der Waals surface area contributed by atoms with E-state index in [4.69, 9.17) is 24.2 Å². The van der Waals surface area contributed by atoms with Crippen LogP contribution in [0.3, 0.4) is 0 Å². The Balaban J connectivity index is 1.37. The number of hydrogen-bond donors (Lipinski definition) is 0. The number of aromatic nitrogens is 2. The van der Waals surface area contributed by atoms with Gasteiger partial charge in [0.1, 0.15) is 24.7 Å². The van der Waals surface area contributed by atoms with Gasteiger partial charge in [0.2, 0.25) is 0 Å². The molecule has 0 atom stereocenters. The average Bonchev–Trinajstić information content (AvgIpc) is 2.97. The average molecular weight is 487 g/mol. The van der Waals surface area contributed by atoms with Crippen LogP contribution >= 0.6 is 0 Å². The van der Waals surface area contributed by atoms with Crippen molar-refractivity contribution in [2.24, 2.45) is 0 Å². The summed E-state index contributed by atoms with van der Waals surface area (Å²) in [6.45, 7) is 1.94. The van der Waals surface area contributed by atoms with E-state index in [-0.39, 0.29) is 0 Å². The van der Waals surface area contributed by atoms with Crippen molar-refractivity contribution in [1.82, 2.24) is 9.97 Å². The Labute approximate surface area is 216 Å². The van der Waals surface area contributed by atoms with Crippen LogP contribution in [0, 0.1) is 0 Å². The highest BCUT2D eigenvalue weighted by Gasteiger charge is 2.09. The van der Waals surface area contributed by atoms with Gasteiger partial charge in [-0.2, -0.15) is 0 Å². The zero-order chi connectivity index (χ0) is 24.9. The van der Waals surface area contributed by atoms with Gasteiger partial charge in [-0.3, -0.25) is 0 Å². The molecule has 0 saturated heterocycles. The Morgan fingerprint density at radius 1 is 0.405 bits per heavy atom. The fourth-order valence-corrected chi connectivity index (χ4v) is 4.33. The monoisotopic (exact) mass is 486 g/mol. The maximum atomic E-state index is 5.83. The zero-order valence-corrected chi connectivity index (χ0v) is 20.3. The zero-order valence-electron chi connectivity index (χ0n) is 20.3. The molecule has 0 N–H and O–H groups in total. The van der Waals surface area contributed by atoms with E-state index in [2.05, 4.69) is 24.3 Å². The van der Waals surface area contributed by atoms with Crippen molar-refractivity contribution in [3.63, 3.8) is 0 Å². The van der Waals surface area contributed by atoms with Crippen molar-refractivity contribution in [2.75, 3.05) is 26.4 Å². The summed E-state index contributed by atoms with van der Waals surface area (Å²) in [7, 11) is 0. The second-order valence-corrected chi connectivity index (χ2v) is 8.75. The molecule has 0 fully saturated rings. The second kappa shape index (κ2) is 10.6. The Morgan fingerprint density at radius 2 is 0.811 bits per heavy atom. The summed E-state index contributed by atoms with van der Waals surface area (Å²) < 4.78 is 17.3. The molecule has 182 valence electrons. The minimum absolute atomic E-state index is 0.476. The van der Waals surface area contributed by atoms with Crippen molar-refractivity contribution in [2.45, 2.75) is 0 Å². The van der Waals surface area contributed by atoms with Crippen LogP contribution in [0.5, 0.6) is 11.5 Å². The molecule has 4 aliphatic heterocycles. The highest BCUT2D eigenvalue weighted by molar-refractivity contribution is 5.73. The smallest absolute Gasteiger partial charge is 0.119 e. The van der Waals surface area contributed by atoms with Gasteiger partial charge in [-0.15, -0.1) is 0 Å². The standard InChI is InChI=1S/C32H26N2O3/c1-4-25-22-26(5-1)32-9-3-7-30(34-32)24-12-16-28(17-13-24)37-21-19-35-18-20-36-27-14-10-23(11-15-27)29-6-2-8-31(25)33-29/h1-17,22H,18-21H2. The summed E-state index contributed by atoms with van der Waals surface area (Å²) in [5.74, 6) is 1.61. The van der Waals surface area contributed by atoms with E-state index in [0.29, 0.717) is 26.4 Å². The maximum absolute atomic E-state index is 5.83. The third kappa shape index (κ3) is 5.37. The molecule has 5 aromatic rings. The fourth-order valence-electron chi connectivity index (χ4n) is 4.33. The number of pyridine rings is 2. The number of rotatable bonds is 0. The van der Waals surface area contributed by atoms with Crippen molar-refractivity contribution >= 4 is 0 Å². The van der Waals surface area contributed by atoms with Gasteiger partial charge in [0.15, 0.2) is 0 Å². The van der Waals surface area contributed by atoms with Crippen molar-refractivity contribution in [1.29, 1.82) is 0 Å². The molecule has 3 aromatic carbocycles. The van der Waals surface area contributed by atoms with Crippen LogP contribution in [0.1, 0.15) is 0 Å². The van der Waals surface area contributed by atoms with Crippen LogP contribution in [0.15, 0.2) is 109 Å². The predicted molar refractivity (Wildman–Crippen MR) is 146 cm³/mol. The Morgan fingerprint density at radius 3 is 1.27 bits per heavy atom. The van der Waals surface area contributed by atoms with E-state index in [0.717, 1.165) is 56.5 Å².